The molecule has 0 spiro atoms. The highest BCUT2D eigenvalue weighted by atomic mass is 32.2. The minimum Gasteiger partial charge on any atom is -0.354 e. The fraction of sp³-hybridized carbons (Fsp3) is 0.417. The Morgan fingerprint density at radius 1 is 1.00 bits per heavy atom. The zero-order chi connectivity index (χ0) is 25.3. The van der Waals surface area contributed by atoms with Crippen molar-refractivity contribution in [2.45, 2.75) is 39.3 Å². The van der Waals surface area contributed by atoms with Gasteiger partial charge in [0.1, 0.15) is 18.4 Å². The third-order valence-electron chi connectivity index (χ3n) is 5.26. The predicted molar refractivity (Wildman–Crippen MR) is 131 cm³/mol. The number of amides is 2. The highest BCUT2D eigenvalue weighted by Crippen LogP contribution is 2.21. The Balaban J connectivity index is 2.44. The lowest BCUT2D eigenvalue weighted by atomic mass is 10.1. The third kappa shape index (κ3) is 7.01. The van der Waals surface area contributed by atoms with Gasteiger partial charge in [-0.25, -0.2) is 8.70 Å². The molecule has 2 rings (SSSR count). The molecule has 0 saturated carbocycles. The average molecular weight is 493 g/mol. The maximum atomic E-state index is 13.6. The Morgan fingerprint density at radius 2 is 1.62 bits per heavy atom. The molecule has 0 saturated heterocycles. The normalized spacial score (nSPS) is 12.3. The summed E-state index contributed by atoms with van der Waals surface area (Å²) >= 11 is 0. The van der Waals surface area contributed by atoms with Crippen molar-refractivity contribution >= 4 is 27.7 Å². The van der Waals surface area contributed by atoms with Crippen LogP contribution in [0, 0.1) is 5.82 Å². The smallest absolute Gasteiger partial charge is 0.304 e. The first-order chi connectivity index (χ1) is 16.1. The van der Waals surface area contributed by atoms with Crippen molar-refractivity contribution in [2.24, 2.45) is 0 Å². The number of carbonyl (C=O) groups is 2. The SMILES string of the molecule is CCCNC(=O)[C@@H](CC)N(Cc1ccc(F)cc1)C(=O)CN(c1ccccc1)S(=O)(=O)N(C)C. The van der Waals surface area contributed by atoms with Gasteiger partial charge in [0.15, 0.2) is 0 Å². The predicted octanol–water partition coefficient (Wildman–Crippen LogP) is 2.77. The molecular weight excluding hydrogens is 459 g/mol. The highest BCUT2D eigenvalue weighted by molar-refractivity contribution is 7.90. The van der Waals surface area contributed by atoms with Crippen molar-refractivity contribution in [1.29, 1.82) is 0 Å². The van der Waals surface area contributed by atoms with Crippen LogP contribution < -0.4 is 9.62 Å². The summed E-state index contributed by atoms with van der Waals surface area (Å²) in [4.78, 5) is 27.8. The van der Waals surface area contributed by atoms with E-state index in [1.165, 1.54) is 43.3 Å². The van der Waals surface area contributed by atoms with E-state index in [2.05, 4.69) is 5.32 Å². The summed E-state index contributed by atoms with van der Waals surface area (Å²) in [6.07, 6.45) is 1.06. The number of rotatable bonds is 12. The van der Waals surface area contributed by atoms with E-state index < -0.39 is 34.5 Å². The first-order valence-corrected chi connectivity index (χ1v) is 12.6. The number of hydrogen-bond donors (Lipinski definition) is 1. The molecule has 186 valence electrons. The van der Waals surface area contributed by atoms with Gasteiger partial charge in [-0.1, -0.05) is 44.2 Å². The molecule has 0 radical (unpaired) electrons. The van der Waals surface area contributed by atoms with Crippen LogP contribution in [0.3, 0.4) is 0 Å². The van der Waals surface area contributed by atoms with Crippen molar-refractivity contribution < 1.29 is 22.4 Å². The van der Waals surface area contributed by atoms with Crippen LogP contribution in [-0.4, -0.2) is 62.7 Å². The Labute approximate surface area is 201 Å². The first kappa shape index (κ1) is 27.3. The van der Waals surface area contributed by atoms with Gasteiger partial charge in [-0.2, -0.15) is 12.7 Å². The number of para-hydroxylation sites is 1. The van der Waals surface area contributed by atoms with Crippen molar-refractivity contribution in [1.82, 2.24) is 14.5 Å². The highest BCUT2D eigenvalue weighted by Gasteiger charge is 2.33. The molecule has 0 aromatic heterocycles. The van der Waals surface area contributed by atoms with Gasteiger partial charge in [-0.05, 0) is 42.7 Å². The van der Waals surface area contributed by atoms with Gasteiger partial charge < -0.3 is 10.2 Å². The Hall–Kier alpha value is -2.98. The van der Waals surface area contributed by atoms with E-state index in [4.69, 9.17) is 0 Å². The van der Waals surface area contributed by atoms with Gasteiger partial charge in [0.05, 0.1) is 5.69 Å². The van der Waals surface area contributed by atoms with Crippen LogP contribution in [-0.2, 0) is 26.3 Å². The fourth-order valence-electron chi connectivity index (χ4n) is 3.38. The number of nitrogens with zero attached hydrogens (tertiary/aromatic N) is 3. The molecule has 2 aromatic rings. The molecule has 0 heterocycles. The monoisotopic (exact) mass is 492 g/mol. The summed E-state index contributed by atoms with van der Waals surface area (Å²) in [6, 6.07) is 13.1. The number of benzene rings is 2. The molecule has 0 aliphatic carbocycles. The van der Waals surface area contributed by atoms with Crippen LogP contribution in [0.25, 0.3) is 0 Å². The second-order valence-corrected chi connectivity index (χ2v) is 10.1. The molecule has 1 N–H and O–H groups in total. The van der Waals surface area contributed by atoms with Crippen LogP contribution in [0.1, 0.15) is 32.3 Å². The third-order valence-corrected chi connectivity index (χ3v) is 7.08. The molecule has 0 aliphatic heterocycles. The molecule has 2 aromatic carbocycles. The molecule has 0 bridgehead atoms. The lowest BCUT2D eigenvalue weighted by Crippen LogP contribution is -2.53. The van der Waals surface area contributed by atoms with E-state index in [0.29, 0.717) is 24.2 Å². The topological polar surface area (TPSA) is 90.0 Å². The fourth-order valence-corrected chi connectivity index (χ4v) is 4.44. The zero-order valence-corrected chi connectivity index (χ0v) is 20.9. The summed E-state index contributed by atoms with van der Waals surface area (Å²) in [5.41, 5.74) is 0.952. The number of anilines is 1. The molecule has 8 nitrogen and oxygen atoms in total. The Morgan fingerprint density at radius 3 is 2.15 bits per heavy atom. The quantitative estimate of drug-likeness (QED) is 0.493. The molecule has 0 fully saturated rings. The van der Waals surface area contributed by atoms with Crippen molar-refractivity contribution in [3.8, 4) is 0 Å². The maximum absolute atomic E-state index is 13.6. The minimum atomic E-state index is -4.00. The van der Waals surface area contributed by atoms with Crippen LogP contribution in [0.2, 0.25) is 0 Å². The Kier molecular flexibility index (Phi) is 10.0. The average Bonchev–Trinajstić information content (AvgIpc) is 2.82. The summed E-state index contributed by atoms with van der Waals surface area (Å²) in [7, 11) is -1.22. The second-order valence-electron chi connectivity index (χ2n) is 8.00. The summed E-state index contributed by atoms with van der Waals surface area (Å²) < 4.78 is 41.6. The molecule has 1 atom stereocenters. The lowest BCUT2D eigenvalue weighted by Gasteiger charge is -2.33. The summed E-state index contributed by atoms with van der Waals surface area (Å²) in [5, 5.41) is 2.81. The van der Waals surface area contributed by atoms with E-state index in [1.807, 2.05) is 6.92 Å². The van der Waals surface area contributed by atoms with E-state index in [-0.39, 0.29) is 12.5 Å². The van der Waals surface area contributed by atoms with E-state index in [0.717, 1.165) is 15.0 Å². The second kappa shape index (κ2) is 12.5. The van der Waals surface area contributed by atoms with Gasteiger partial charge in [-0.15, -0.1) is 0 Å². The van der Waals surface area contributed by atoms with Crippen LogP contribution in [0.15, 0.2) is 54.6 Å². The molecule has 10 heteroatoms. The maximum Gasteiger partial charge on any atom is 0.304 e. The van der Waals surface area contributed by atoms with Crippen LogP contribution in [0.5, 0.6) is 0 Å². The van der Waals surface area contributed by atoms with Crippen LogP contribution >= 0.6 is 0 Å². The van der Waals surface area contributed by atoms with Gasteiger partial charge in [0.25, 0.3) is 0 Å². The van der Waals surface area contributed by atoms with Crippen LogP contribution in [0.4, 0.5) is 10.1 Å². The Bertz CT molecular complexity index is 1050. The van der Waals surface area contributed by atoms with Gasteiger partial charge in [-0.3, -0.25) is 9.59 Å². The standard InChI is InChI=1S/C24H33FN4O4S/c1-5-16-26-24(31)22(6-2)28(17-19-12-14-20(25)15-13-19)23(30)18-29(34(32,33)27(3)4)21-10-8-7-9-11-21/h7-15,22H,5-6,16-18H2,1-4H3,(H,26,31)/t22-/m1/s1. The minimum absolute atomic E-state index is 0.0296. The number of nitrogens with one attached hydrogen (secondary N) is 1. The van der Waals surface area contributed by atoms with Gasteiger partial charge in [0, 0.05) is 27.2 Å². The lowest BCUT2D eigenvalue weighted by molar-refractivity contribution is -0.140. The van der Waals surface area contributed by atoms with E-state index >= 15 is 0 Å². The van der Waals surface area contributed by atoms with E-state index in [1.54, 1.807) is 37.3 Å². The molecule has 0 unspecified atom stereocenters. The zero-order valence-electron chi connectivity index (χ0n) is 20.1. The summed E-state index contributed by atoms with van der Waals surface area (Å²) in [6.45, 7) is 3.70. The molecule has 34 heavy (non-hydrogen) atoms. The van der Waals surface area contributed by atoms with Crippen molar-refractivity contribution in [3.05, 3.63) is 66.0 Å². The van der Waals surface area contributed by atoms with Gasteiger partial charge >= 0.3 is 10.2 Å². The largest absolute Gasteiger partial charge is 0.354 e. The molecule has 2 amide bonds. The van der Waals surface area contributed by atoms with E-state index in [9.17, 15) is 22.4 Å². The van der Waals surface area contributed by atoms with Crippen molar-refractivity contribution in [2.75, 3.05) is 31.5 Å². The first-order valence-electron chi connectivity index (χ1n) is 11.2. The molecule has 0 aliphatic rings. The number of halogens is 1. The number of carbonyl (C=O) groups excluding carboxylic acids is 2. The number of hydrogen-bond acceptors (Lipinski definition) is 4. The molecular formula is C24H33FN4O4S. The van der Waals surface area contributed by atoms with Gasteiger partial charge in [0.2, 0.25) is 11.8 Å². The summed E-state index contributed by atoms with van der Waals surface area (Å²) in [5.74, 6) is -1.28. The van der Waals surface area contributed by atoms with Crippen molar-refractivity contribution in [3.63, 3.8) is 0 Å².